The summed E-state index contributed by atoms with van der Waals surface area (Å²) >= 11 is 0. The van der Waals surface area contributed by atoms with Gasteiger partial charge in [0.2, 0.25) is 0 Å². The summed E-state index contributed by atoms with van der Waals surface area (Å²) in [6, 6.07) is 0.870. The zero-order valence-corrected chi connectivity index (χ0v) is 22.2. The van der Waals surface area contributed by atoms with Gasteiger partial charge in [-0.15, -0.1) is 0 Å². The number of carboxylic acid groups (broad SMARTS) is 1. The van der Waals surface area contributed by atoms with Crippen LogP contribution < -0.4 is 0 Å². The molecular weight excluding hydrogens is 463 g/mol. The molecule has 3 fully saturated rings. The first kappa shape index (κ1) is 27.7. The Labute approximate surface area is 215 Å². The molecule has 4 aliphatic rings. The number of carboxylic acids is 1. The molecule has 0 aromatic carbocycles. The van der Waals surface area contributed by atoms with E-state index >= 15 is 0 Å². The molecule has 0 spiro atoms. The Morgan fingerprint density at radius 3 is 2.33 bits per heavy atom. The van der Waals surface area contributed by atoms with Gasteiger partial charge in [-0.2, -0.15) is 13.2 Å². The van der Waals surface area contributed by atoms with E-state index in [1.165, 1.54) is 69.9 Å². The summed E-state index contributed by atoms with van der Waals surface area (Å²) in [5.74, 6) is 0.423. The highest BCUT2D eigenvalue weighted by molar-refractivity contribution is 5.67. The van der Waals surface area contributed by atoms with E-state index < -0.39 is 17.7 Å². The maximum atomic E-state index is 13.3. The van der Waals surface area contributed by atoms with Crippen molar-refractivity contribution in [2.75, 3.05) is 6.54 Å². The molecule has 3 saturated carbocycles. The predicted molar refractivity (Wildman–Crippen MR) is 138 cm³/mol. The summed E-state index contributed by atoms with van der Waals surface area (Å²) in [5.41, 5.74) is -0.155. The fraction of sp³-hybridized carbons (Fsp3) is 0.833. The molecule has 0 aliphatic heterocycles. The fourth-order valence-corrected chi connectivity index (χ4v) is 7.71. The lowest BCUT2D eigenvalue weighted by Crippen LogP contribution is -2.52. The first-order chi connectivity index (χ1) is 17.0. The third kappa shape index (κ3) is 7.17. The van der Waals surface area contributed by atoms with Gasteiger partial charge in [0.1, 0.15) is 0 Å². The standard InChI is InChI=1S/C30H46F3NO2/c1-29(2)16-13-25(14-17-29)34(18-15-21-5-3-4-6-21)27-12-7-22(20-28(35)36)19-26(27)23-8-10-24(11-9-23)30(31,32)33/h8,10-11,21-23,25-27H,3-7,9,12-20H2,1-2H3,(H,35,36). The van der Waals surface area contributed by atoms with E-state index in [4.69, 9.17) is 0 Å². The molecule has 3 nitrogen and oxygen atoms in total. The Balaban J connectivity index is 1.55. The number of hydrogen-bond acceptors (Lipinski definition) is 2. The van der Waals surface area contributed by atoms with E-state index in [9.17, 15) is 23.1 Å². The Bertz CT molecular complexity index is 802. The van der Waals surface area contributed by atoms with Gasteiger partial charge in [-0.05, 0) is 93.4 Å². The molecule has 4 atom stereocenters. The summed E-state index contributed by atoms with van der Waals surface area (Å²) < 4.78 is 39.8. The topological polar surface area (TPSA) is 40.5 Å². The van der Waals surface area contributed by atoms with Crippen molar-refractivity contribution >= 4 is 5.97 Å². The molecule has 36 heavy (non-hydrogen) atoms. The number of rotatable bonds is 8. The third-order valence-corrected chi connectivity index (χ3v) is 9.92. The summed E-state index contributed by atoms with van der Waals surface area (Å²) in [4.78, 5) is 14.3. The van der Waals surface area contributed by atoms with E-state index in [1.807, 2.05) is 0 Å². The van der Waals surface area contributed by atoms with Gasteiger partial charge in [-0.25, -0.2) is 0 Å². The van der Waals surface area contributed by atoms with Gasteiger partial charge < -0.3 is 5.11 Å². The number of allylic oxidation sites excluding steroid dienone is 4. The Kier molecular flexibility index (Phi) is 8.95. The van der Waals surface area contributed by atoms with Crippen LogP contribution in [0.2, 0.25) is 0 Å². The van der Waals surface area contributed by atoms with Crippen molar-refractivity contribution in [2.45, 2.75) is 122 Å². The van der Waals surface area contributed by atoms with E-state index in [2.05, 4.69) is 18.7 Å². The van der Waals surface area contributed by atoms with Crippen molar-refractivity contribution in [3.63, 3.8) is 0 Å². The summed E-state index contributed by atoms with van der Waals surface area (Å²) in [7, 11) is 0. The molecule has 0 radical (unpaired) electrons. The average molecular weight is 510 g/mol. The maximum Gasteiger partial charge on any atom is 0.416 e. The van der Waals surface area contributed by atoms with Crippen LogP contribution in [0.1, 0.15) is 104 Å². The maximum absolute atomic E-state index is 13.3. The lowest BCUT2D eigenvalue weighted by atomic mass is 9.67. The first-order valence-electron chi connectivity index (χ1n) is 14.4. The lowest BCUT2D eigenvalue weighted by molar-refractivity contribution is -0.138. The SMILES string of the molecule is CC1(C)CCC(N(CCC2CCCC2)C2CCC(CC(=O)O)CC2C2C=CC(C(F)(F)F)=CC2)CC1. The van der Waals surface area contributed by atoms with Gasteiger partial charge in [0.15, 0.2) is 0 Å². The molecule has 0 saturated heterocycles. The Hall–Kier alpha value is -1.30. The number of hydrogen-bond donors (Lipinski definition) is 1. The normalized spacial score (nSPS) is 32.1. The number of aliphatic carboxylic acids is 1. The van der Waals surface area contributed by atoms with Crippen LogP contribution >= 0.6 is 0 Å². The molecule has 6 heteroatoms. The highest BCUT2D eigenvalue weighted by Crippen LogP contribution is 2.46. The molecule has 204 valence electrons. The number of nitrogens with zero attached hydrogens (tertiary/aromatic N) is 1. The number of carbonyl (C=O) groups is 1. The second-order valence-corrected chi connectivity index (χ2v) is 13.0. The molecule has 0 aromatic rings. The van der Waals surface area contributed by atoms with E-state index in [-0.39, 0.29) is 24.2 Å². The zero-order chi connectivity index (χ0) is 25.9. The average Bonchev–Trinajstić information content (AvgIpc) is 3.33. The zero-order valence-electron chi connectivity index (χ0n) is 22.2. The minimum atomic E-state index is -4.30. The second kappa shape index (κ2) is 11.6. The monoisotopic (exact) mass is 509 g/mol. The minimum absolute atomic E-state index is 0.0479. The van der Waals surface area contributed by atoms with Crippen molar-refractivity contribution in [3.8, 4) is 0 Å². The quantitative estimate of drug-likeness (QED) is 0.359. The van der Waals surface area contributed by atoms with Crippen LogP contribution in [0.25, 0.3) is 0 Å². The molecule has 4 unspecified atom stereocenters. The molecule has 0 amide bonds. The van der Waals surface area contributed by atoms with E-state index in [0.29, 0.717) is 23.9 Å². The highest BCUT2D eigenvalue weighted by Gasteiger charge is 2.43. The van der Waals surface area contributed by atoms with Crippen molar-refractivity contribution < 1.29 is 23.1 Å². The van der Waals surface area contributed by atoms with Gasteiger partial charge in [-0.3, -0.25) is 9.69 Å². The number of alkyl halides is 3. The number of halogens is 3. The van der Waals surface area contributed by atoms with Crippen LogP contribution in [0.3, 0.4) is 0 Å². The molecular formula is C30H46F3NO2. The van der Waals surface area contributed by atoms with Gasteiger partial charge in [-0.1, -0.05) is 57.8 Å². The van der Waals surface area contributed by atoms with Crippen molar-refractivity contribution in [1.29, 1.82) is 0 Å². The van der Waals surface area contributed by atoms with Gasteiger partial charge >= 0.3 is 12.1 Å². The van der Waals surface area contributed by atoms with Crippen LogP contribution in [0.4, 0.5) is 13.2 Å². The van der Waals surface area contributed by atoms with Crippen molar-refractivity contribution in [1.82, 2.24) is 4.90 Å². The largest absolute Gasteiger partial charge is 0.481 e. The smallest absolute Gasteiger partial charge is 0.416 e. The molecule has 0 bridgehead atoms. The van der Waals surface area contributed by atoms with Gasteiger partial charge in [0.25, 0.3) is 0 Å². The Morgan fingerprint density at radius 2 is 1.75 bits per heavy atom. The van der Waals surface area contributed by atoms with E-state index in [0.717, 1.165) is 31.7 Å². The predicted octanol–water partition coefficient (Wildman–Crippen LogP) is 8.16. The van der Waals surface area contributed by atoms with Crippen LogP contribution in [0, 0.1) is 29.1 Å². The molecule has 0 aromatic heterocycles. The van der Waals surface area contributed by atoms with Crippen molar-refractivity contribution in [3.05, 3.63) is 23.8 Å². The summed E-state index contributed by atoms with van der Waals surface area (Å²) in [5, 5.41) is 9.46. The minimum Gasteiger partial charge on any atom is -0.481 e. The summed E-state index contributed by atoms with van der Waals surface area (Å²) in [6.07, 6.45) is 14.8. The highest BCUT2D eigenvalue weighted by atomic mass is 19.4. The molecule has 0 heterocycles. The summed E-state index contributed by atoms with van der Waals surface area (Å²) in [6.45, 7) is 5.81. The van der Waals surface area contributed by atoms with Crippen molar-refractivity contribution in [2.24, 2.45) is 29.1 Å². The van der Waals surface area contributed by atoms with Gasteiger partial charge in [0.05, 0.1) is 5.57 Å². The van der Waals surface area contributed by atoms with Crippen LogP contribution in [-0.2, 0) is 4.79 Å². The Morgan fingerprint density at radius 1 is 1.06 bits per heavy atom. The van der Waals surface area contributed by atoms with Crippen LogP contribution in [0.5, 0.6) is 0 Å². The van der Waals surface area contributed by atoms with Gasteiger partial charge in [0, 0.05) is 18.5 Å². The van der Waals surface area contributed by atoms with E-state index in [1.54, 1.807) is 6.08 Å². The molecule has 4 rings (SSSR count). The van der Waals surface area contributed by atoms with Crippen LogP contribution in [0.15, 0.2) is 23.8 Å². The van der Waals surface area contributed by atoms with Crippen LogP contribution in [-0.4, -0.2) is 40.8 Å². The fourth-order valence-electron chi connectivity index (χ4n) is 7.71. The molecule has 4 aliphatic carbocycles. The second-order valence-electron chi connectivity index (χ2n) is 13.0. The first-order valence-corrected chi connectivity index (χ1v) is 14.4. The third-order valence-electron chi connectivity index (χ3n) is 9.92. The lowest BCUT2D eigenvalue weighted by Gasteiger charge is -2.50. The molecule has 1 N–H and O–H groups in total.